The molecule has 0 saturated heterocycles. The summed E-state index contributed by atoms with van der Waals surface area (Å²) in [6.45, 7) is 4.20. The van der Waals surface area contributed by atoms with E-state index in [1.807, 2.05) is 13.8 Å². The molecule has 1 rings (SSSR count). The van der Waals surface area contributed by atoms with Gasteiger partial charge in [0.15, 0.2) is 0 Å². The lowest BCUT2D eigenvalue weighted by atomic mass is 10.0. The van der Waals surface area contributed by atoms with Gasteiger partial charge in [-0.15, -0.1) is 0 Å². The standard InChI is InChI=1S/C21H37N7O5S/c1-12(2)7-16(27-18(29)14(23)8-13-9-24-11-25-13)19(30)28-17(10-34)20(31)26-15(21(32)33)5-3-4-6-22/h9,11-12,14-17,34H,3-8,10,22-23H2,1-2H3,(H,24,25)(H,26,31)(H,27,29)(H,28,30)(H,32,33). The predicted octanol–water partition coefficient (Wildman–Crippen LogP) is -1.08. The number of nitrogens with two attached hydrogens (primary N) is 2. The first-order valence-electron chi connectivity index (χ1n) is 11.3. The number of rotatable bonds is 16. The molecule has 34 heavy (non-hydrogen) atoms. The van der Waals surface area contributed by atoms with E-state index in [2.05, 4.69) is 38.5 Å². The number of imidazole rings is 1. The van der Waals surface area contributed by atoms with Gasteiger partial charge >= 0.3 is 5.97 Å². The lowest BCUT2D eigenvalue weighted by Gasteiger charge is -2.25. The van der Waals surface area contributed by atoms with Gasteiger partial charge in [0.05, 0.1) is 12.4 Å². The maximum Gasteiger partial charge on any atom is 0.326 e. The van der Waals surface area contributed by atoms with Gasteiger partial charge in [0.2, 0.25) is 17.7 Å². The number of carbonyl (C=O) groups excluding carboxylic acids is 3. The van der Waals surface area contributed by atoms with Crippen molar-refractivity contribution in [3.8, 4) is 0 Å². The Balaban J connectivity index is 2.78. The van der Waals surface area contributed by atoms with Crippen molar-refractivity contribution in [1.82, 2.24) is 25.9 Å². The third kappa shape index (κ3) is 10.5. The molecule has 4 atom stereocenters. The van der Waals surface area contributed by atoms with Gasteiger partial charge in [-0.1, -0.05) is 13.8 Å². The summed E-state index contributed by atoms with van der Waals surface area (Å²) < 4.78 is 0. The van der Waals surface area contributed by atoms with E-state index in [0.29, 0.717) is 31.5 Å². The Morgan fingerprint density at radius 3 is 2.21 bits per heavy atom. The highest BCUT2D eigenvalue weighted by molar-refractivity contribution is 7.80. The molecule has 0 aliphatic rings. The number of amides is 3. The Bertz CT molecular complexity index is 790. The monoisotopic (exact) mass is 499 g/mol. The predicted molar refractivity (Wildman–Crippen MR) is 130 cm³/mol. The summed E-state index contributed by atoms with van der Waals surface area (Å²) in [4.78, 5) is 56.4. The smallest absolute Gasteiger partial charge is 0.326 e. The lowest BCUT2D eigenvalue weighted by molar-refractivity contribution is -0.142. The average molecular weight is 500 g/mol. The van der Waals surface area contributed by atoms with E-state index < -0.39 is 47.9 Å². The second-order valence-corrected chi connectivity index (χ2v) is 8.87. The molecule has 1 heterocycles. The third-order valence-corrected chi connectivity index (χ3v) is 5.41. The van der Waals surface area contributed by atoms with Crippen molar-refractivity contribution in [2.24, 2.45) is 17.4 Å². The largest absolute Gasteiger partial charge is 0.480 e. The molecule has 0 fully saturated rings. The quantitative estimate of drug-likeness (QED) is 0.103. The SMILES string of the molecule is CC(C)CC(NC(=O)C(N)Cc1cnc[nH]1)C(=O)NC(CS)C(=O)NC(CCCCN)C(=O)O. The summed E-state index contributed by atoms with van der Waals surface area (Å²) in [6, 6.07) is -4.03. The van der Waals surface area contributed by atoms with Crippen LogP contribution in [-0.2, 0) is 25.6 Å². The minimum absolute atomic E-state index is 0.0575. The number of hydrogen-bond acceptors (Lipinski definition) is 8. The maximum absolute atomic E-state index is 12.9. The zero-order valence-corrected chi connectivity index (χ0v) is 20.5. The summed E-state index contributed by atoms with van der Waals surface area (Å²) in [5.74, 6) is -2.95. The van der Waals surface area contributed by atoms with Crippen molar-refractivity contribution in [3.05, 3.63) is 18.2 Å². The van der Waals surface area contributed by atoms with Crippen LogP contribution in [0.15, 0.2) is 12.5 Å². The van der Waals surface area contributed by atoms with E-state index in [1.54, 1.807) is 6.20 Å². The van der Waals surface area contributed by atoms with Gasteiger partial charge in [0, 0.05) is 24.1 Å². The van der Waals surface area contributed by atoms with Gasteiger partial charge in [-0.3, -0.25) is 14.4 Å². The maximum atomic E-state index is 12.9. The molecule has 0 bridgehead atoms. The molecule has 0 aliphatic heterocycles. The number of thiol groups is 1. The van der Waals surface area contributed by atoms with E-state index in [9.17, 15) is 24.3 Å². The van der Waals surface area contributed by atoms with Gasteiger partial charge in [-0.05, 0) is 38.1 Å². The normalized spacial score (nSPS) is 14.6. The first-order chi connectivity index (χ1) is 16.1. The van der Waals surface area contributed by atoms with Crippen molar-refractivity contribution in [3.63, 3.8) is 0 Å². The first kappa shape index (κ1) is 29.4. The molecule has 0 aliphatic carbocycles. The van der Waals surface area contributed by atoms with Gasteiger partial charge in [-0.2, -0.15) is 12.6 Å². The van der Waals surface area contributed by atoms with Crippen LogP contribution >= 0.6 is 12.6 Å². The number of nitrogens with one attached hydrogen (secondary N) is 4. The molecule has 192 valence electrons. The van der Waals surface area contributed by atoms with Gasteiger partial charge < -0.3 is 37.5 Å². The molecular formula is C21H37N7O5S. The van der Waals surface area contributed by atoms with Gasteiger partial charge in [-0.25, -0.2) is 9.78 Å². The van der Waals surface area contributed by atoms with Crippen LogP contribution in [0.2, 0.25) is 0 Å². The second kappa shape index (κ2) is 15.3. The van der Waals surface area contributed by atoms with Crippen molar-refractivity contribution in [2.45, 2.75) is 70.1 Å². The van der Waals surface area contributed by atoms with Gasteiger partial charge in [0.1, 0.15) is 18.1 Å². The van der Waals surface area contributed by atoms with Crippen molar-refractivity contribution in [2.75, 3.05) is 12.3 Å². The molecular weight excluding hydrogens is 462 g/mol. The highest BCUT2D eigenvalue weighted by Crippen LogP contribution is 2.08. The van der Waals surface area contributed by atoms with Crippen molar-refractivity contribution < 1.29 is 24.3 Å². The fourth-order valence-corrected chi connectivity index (χ4v) is 3.45. The Kier molecular flexibility index (Phi) is 13.2. The van der Waals surface area contributed by atoms with Crippen molar-refractivity contribution >= 4 is 36.3 Å². The minimum Gasteiger partial charge on any atom is -0.480 e. The topological polar surface area (TPSA) is 205 Å². The Hall–Kier alpha value is -2.64. The number of aromatic amines is 1. The number of carbonyl (C=O) groups is 4. The Morgan fingerprint density at radius 2 is 1.68 bits per heavy atom. The number of carboxylic acid groups (broad SMARTS) is 1. The fraction of sp³-hybridized carbons (Fsp3) is 0.667. The fourth-order valence-electron chi connectivity index (χ4n) is 3.20. The Labute approximate surface area is 204 Å². The molecule has 0 spiro atoms. The van der Waals surface area contributed by atoms with E-state index in [4.69, 9.17) is 11.5 Å². The van der Waals surface area contributed by atoms with Crippen LogP contribution in [0.25, 0.3) is 0 Å². The van der Waals surface area contributed by atoms with Crippen molar-refractivity contribution in [1.29, 1.82) is 0 Å². The highest BCUT2D eigenvalue weighted by atomic mass is 32.1. The molecule has 0 saturated carbocycles. The van der Waals surface area contributed by atoms with E-state index >= 15 is 0 Å². The van der Waals surface area contributed by atoms with Crippen LogP contribution in [0.4, 0.5) is 0 Å². The molecule has 0 radical (unpaired) electrons. The number of carboxylic acids is 1. The summed E-state index contributed by atoms with van der Waals surface area (Å²) in [7, 11) is 0. The number of aliphatic carboxylic acids is 1. The number of nitrogens with zero attached hydrogens (tertiary/aromatic N) is 1. The number of H-pyrrole nitrogens is 1. The molecule has 9 N–H and O–H groups in total. The third-order valence-electron chi connectivity index (χ3n) is 5.05. The molecule has 1 aromatic heterocycles. The van der Waals surface area contributed by atoms with E-state index in [1.165, 1.54) is 6.33 Å². The summed E-state index contributed by atoms with van der Waals surface area (Å²) in [5, 5.41) is 17.0. The summed E-state index contributed by atoms with van der Waals surface area (Å²) >= 11 is 4.12. The first-order valence-corrected chi connectivity index (χ1v) is 11.9. The van der Waals surface area contributed by atoms with Gasteiger partial charge in [0.25, 0.3) is 0 Å². The number of aromatic nitrogens is 2. The zero-order chi connectivity index (χ0) is 25.7. The minimum atomic E-state index is -1.18. The summed E-state index contributed by atoms with van der Waals surface area (Å²) in [5.41, 5.74) is 12.1. The van der Waals surface area contributed by atoms with E-state index in [0.717, 1.165) is 0 Å². The van der Waals surface area contributed by atoms with Crippen LogP contribution < -0.4 is 27.4 Å². The molecule has 1 aromatic rings. The van der Waals surface area contributed by atoms with Crippen LogP contribution in [-0.4, -0.2) is 75.2 Å². The van der Waals surface area contributed by atoms with Crippen LogP contribution in [0, 0.1) is 5.92 Å². The average Bonchev–Trinajstić information content (AvgIpc) is 3.28. The lowest BCUT2D eigenvalue weighted by Crippen LogP contribution is -2.58. The molecule has 12 nitrogen and oxygen atoms in total. The van der Waals surface area contributed by atoms with Crippen LogP contribution in [0.5, 0.6) is 0 Å². The number of hydrogen-bond donors (Lipinski definition) is 8. The summed E-state index contributed by atoms with van der Waals surface area (Å²) in [6.07, 6.45) is 4.94. The molecule has 13 heteroatoms. The van der Waals surface area contributed by atoms with Crippen LogP contribution in [0.1, 0.15) is 45.2 Å². The van der Waals surface area contributed by atoms with Crippen LogP contribution in [0.3, 0.4) is 0 Å². The molecule has 3 amide bonds. The molecule has 4 unspecified atom stereocenters. The number of unbranched alkanes of at least 4 members (excludes halogenated alkanes) is 1. The Morgan fingerprint density at radius 1 is 1.06 bits per heavy atom. The zero-order valence-electron chi connectivity index (χ0n) is 19.6. The molecule has 0 aromatic carbocycles. The van der Waals surface area contributed by atoms with E-state index in [-0.39, 0.29) is 24.5 Å². The second-order valence-electron chi connectivity index (χ2n) is 8.51. The highest BCUT2D eigenvalue weighted by Gasteiger charge is 2.30.